The van der Waals surface area contributed by atoms with Gasteiger partial charge in [0.2, 0.25) is 0 Å². The lowest BCUT2D eigenvalue weighted by molar-refractivity contribution is 0.448. The number of aromatic nitrogens is 2. The Bertz CT molecular complexity index is 942. The van der Waals surface area contributed by atoms with E-state index in [0.29, 0.717) is 11.5 Å². The van der Waals surface area contributed by atoms with Crippen molar-refractivity contribution < 1.29 is 0 Å². The first kappa shape index (κ1) is 17.0. The number of nitrogens with one attached hydrogen (secondary N) is 2. The smallest absolute Gasteiger partial charge is 0.272 e. The zero-order valence-electron chi connectivity index (χ0n) is 14.0. The maximum Gasteiger partial charge on any atom is 0.272 e. The van der Waals surface area contributed by atoms with Gasteiger partial charge in [0.25, 0.3) is 6.04 Å². The molecule has 0 spiro atoms. The molecule has 0 bridgehead atoms. The molecule has 2 unspecified atom stereocenters. The van der Waals surface area contributed by atoms with Gasteiger partial charge in [0, 0.05) is 16.0 Å². The van der Waals surface area contributed by atoms with Crippen molar-refractivity contribution in [3.63, 3.8) is 0 Å². The van der Waals surface area contributed by atoms with Gasteiger partial charge in [0.1, 0.15) is 11.8 Å². The van der Waals surface area contributed by atoms with Crippen molar-refractivity contribution >= 4 is 27.5 Å². The molecule has 26 heavy (non-hydrogen) atoms. The Morgan fingerprint density at radius 2 is 2.08 bits per heavy atom. The fraction of sp³-hybridized carbons (Fsp3) is 0.368. The number of halogens is 1. The van der Waals surface area contributed by atoms with Crippen LogP contribution in [0, 0.1) is 23.8 Å². The maximum atomic E-state index is 9.39. The highest BCUT2D eigenvalue weighted by molar-refractivity contribution is 9.10. The Morgan fingerprint density at radius 3 is 2.81 bits per heavy atom. The summed E-state index contributed by atoms with van der Waals surface area (Å²) in [5, 5.41) is 19.9. The predicted molar refractivity (Wildman–Crippen MR) is 102 cm³/mol. The van der Waals surface area contributed by atoms with E-state index in [4.69, 9.17) is 11.6 Å². The normalized spacial score (nSPS) is 22.8. The van der Waals surface area contributed by atoms with Gasteiger partial charge in [0.15, 0.2) is 5.82 Å². The van der Waals surface area contributed by atoms with Crippen LogP contribution in [0.25, 0.3) is 4.85 Å². The highest BCUT2D eigenvalue weighted by atomic mass is 79.9. The van der Waals surface area contributed by atoms with Gasteiger partial charge < -0.3 is 10.2 Å². The van der Waals surface area contributed by atoms with Gasteiger partial charge in [-0.05, 0) is 53.5 Å². The number of benzene rings is 1. The number of H-pyrrole nitrogens is 1. The molecule has 1 aromatic carbocycles. The molecule has 2 N–H and O–H groups in total. The van der Waals surface area contributed by atoms with Crippen LogP contribution in [0.15, 0.2) is 33.9 Å². The van der Waals surface area contributed by atoms with Crippen molar-refractivity contribution in [2.75, 3.05) is 13.1 Å². The average Bonchev–Trinajstić information content (AvgIpc) is 3.16. The Kier molecular flexibility index (Phi) is 4.58. The van der Waals surface area contributed by atoms with E-state index >= 15 is 0 Å². The summed E-state index contributed by atoms with van der Waals surface area (Å²) in [4.78, 5) is 8.80. The summed E-state index contributed by atoms with van der Waals surface area (Å²) in [5.74, 6) is 0.844. The van der Waals surface area contributed by atoms with Crippen molar-refractivity contribution in [2.24, 2.45) is 10.9 Å². The van der Waals surface area contributed by atoms with Crippen molar-refractivity contribution in [1.29, 1.82) is 5.26 Å². The number of rotatable bonds is 2. The molecule has 4 rings (SSSR count). The van der Waals surface area contributed by atoms with E-state index in [2.05, 4.69) is 42.4 Å². The Labute approximate surface area is 160 Å². The second-order valence-electron chi connectivity index (χ2n) is 6.61. The van der Waals surface area contributed by atoms with Crippen LogP contribution >= 0.6 is 15.9 Å². The summed E-state index contributed by atoms with van der Waals surface area (Å²) in [6, 6.07) is 7.46. The Balaban J connectivity index is 1.86. The molecule has 6 nitrogen and oxygen atoms in total. The predicted octanol–water partition coefficient (Wildman–Crippen LogP) is 3.55. The van der Waals surface area contributed by atoms with E-state index in [-0.39, 0.29) is 12.0 Å². The Hall–Kier alpha value is -2.48. The molecule has 1 saturated heterocycles. The standard InChI is InChI=1S/C19H17BrN6/c1-22-18-15(13-4-2-3-12(9-21)16(13)20)14-10-24-26-19(14)25-17(18)11-5-7-23-8-6-11/h2-4,10-11,15,18,23H,5-8H2,(H,24,26). The lowest BCUT2D eigenvalue weighted by Crippen LogP contribution is -2.39. The molecule has 0 aliphatic carbocycles. The molecule has 1 fully saturated rings. The number of nitrogens with zero attached hydrogens (tertiary/aromatic N) is 4. The van der Waals surface area contributed by atoms with E-state index < -0.39 is 0 Å². The number of hydrogen-bond acceptors (Lipinski definition) is 4. The molecule has 2 aromatic rings. The highest BCUT2D eigenvalue weighted by Crippen LogP contribution is 2.44. The van der Waals surface area contributed by atoms with Crippen molar-refractivity contribution in [3.05, 3.63) is 57.0 Å². The van der Waals surface area contributed by atoms with Crippen LogP contribution in [-0.2, 0) is 0 Å². The number of hydrogen-bond donors (Lipinski definition) is 2. The van der Waals surface area contributed by atoms with Gasteiger partial charge in [-0.3, -0.25) is 5.10 Å². The van der Waals surface area contributed by atoms with Crippen LogP contribution in [0.4, 0.5) is 5.82 Å². The van der Waals surface area contributed by atoms with Crippen molar-refractivity contribution in [3.8, 4) is 6.07 Å². The van der Waals surface area contributed by atoms with Gasteiger partial charge >= 0.3 is 0 Å². The minimum atomic E-state index is -0.381. The summed E-state index contributed by atoms with van der Waals surface area (Å²) in [6.07, 6.45) is 3.73. The lowest BCUT2D eigenvalue weighted by Gasteiger charge is -2.30. The summed E-state index contributed by atoms with van der Waals surface area (Å²) in [6.45, 7) is 9.80. The molecule has 130 valence electrons. The largest absolute Gasteiger partial charge is 0.317 e. The third-order valence-corrected chi connectivity index (χ3v) is 6.11. The summed E-state index contributed by atoms with van der Waals surface area (Å²) in [5.41, 5.74) is 3.37. The van der Waals surface area contributed by atoms with Crippen LogP contribution in [0.1, 0.15) is 35.4 Å². The molecule has 1 aromatic heterocycles. The molecule has 2 atom stereocenters. The quantitative estimate of drug-likeness (QED) is 0.745. The first-order valence-corrected chi connectivity index (χ1v) is 9.41. The van der Waals surface area contributed by atoms with Crippen LogP contribution in [-0.4, -0.2) is 35.0 Å². The molecule has 7 heteroatoms. The number of fused-ring (bicyclic) bond motifs is 1. The van der Waals surface area contributed by atoms with Gasteiger partial charge in [-0.2, -0.15) is 10.4 Å². The summed E-state index contributed by atoms with van der Waals surface area (Å²) >= 11 is 3.58. The molecular formula is C19H17BrN6. The van der Waals surface area contributed by atoms with E-state index in [1.807, 2.05) is 12.1 Å². The molecule has 2 aliphatic heterocycles. The Morgan fingerprint density at radius 1 is 1.27 bits per heavy atom. The van der Waals surface area contributed by atoms with Gasteiger partial charge in [-0.1, -0.05) is 12.1 Å². The molecule has 2 aliphatic rings. The molecular weight excluding hydrogens is 392 g/mol. The second-order valence-corrected chi connectivity index (χ2v) is 7.40. The van der Waals surface area contributed by atoms with Crippen molar-refractivity contribution in [2.45, 2.75) is 24.8 Å². The maximum absolute atomic E-state index is 9.39. The minimum absolute atomic E-state index is 0.189. The lowest BCUT2D eigenvalue weighted by atomic mass is 9.76. The number of nitriles is 1. The molecule has 0 radical (unpaired) electrons. The first-order valence-electron chi connectivity index (χ1n) is 8.62. The van der Waals surface area contributed by atoms with Crippen molar-refractivity contribution in [1.82, 2.24) is 15.5 Å². The van der Waals surface area contributed by atoms with Crippen LogP contribution in [0.3, 0.4) is 0 Å². The fourth-order valence-electron chi connectivity index (χ4n) is 3.95. The average molecular weight is 409 g/mol. The van der Waals surface area contributed by atoms with E-state index in [1.54, 1.807) is 12.3 Å². The van der Waals surface area contributed by atoms with Gasteiger partial charge in [0.05, 0.1) is 17.7 Å². The zero-order valence-corrected chi connectivity index (χ0v) is 15.6. The van der Waals surface area contributed by atoms with Crippen LogP contribution in [0.5, 0.6) is 0 Å². The van der Waals surface area contributed by atoms with E-state index in [9.17, 15) is 5.26 Å². The first-order chi connectivity index (χ1) is 12.7. The summed E-state index contributed by atoms with van der Waals surface area (Å²) in [7, 11) is 0. The topological polar surface area (TPSA) is 81.2 Å². The van der Waals surface area contributed by atoms with Gasteiger partial charge in [-0.15, -0.1) is 0 Å². The minimum Gasteiger partial charge on any atom is -0.317 e. The highest BCUT2D eigenvalue weighted by Gasteiger charge is 2.44. The number of aromatic amines is 1. The van der Waals surface area contributed by atoms with Crippen LogP contribution < -0.4 is 5.32 Å². The molecule has 0 saturated carbocycles. The van der Waals surface area contributed by atoms with E-state index in [0.717, 1.165) is 53.1 Å². The van der Waals surface area contributed by atoms with E-state index in [1.165, 1.54) is 0 Å². The summed E-state index contributed by atoms with van der Waals surface area (Å²) < 4.78 is 0.750. The number of piperidine rings is 1. The molecule has 0 amide bonds. The second kappa shape index (κ2) is 7.03. The van der Waals surface area contributed by atoms with Crippen LogP contribution in [0.2, 0.25) is 0 Å². The fourth-order valence-corrected chi connectivity index (χ4v) is 4.55. The monoisotopic (exact) mass is 408 g/mol. The number of aliphatic imine (C=N–C) groups is 1. The third kappa shape index (κ3) is 2.74. The zero-order chi connectivity index (χ0) is 18.1. The third-order valence-electron chi connectivity index (χ3n) is 5.22. The SMILES string of the molecule is [C-]#[N+]C1C(C2CCNCC2)=Nc2[nH]ncc2C1c1cccc(C#N)c1Br. The van der Waals surface area contributed by atoms with Gasteiger partial charge in [-0.25, -0.2) is 11.6 Å². The molecule has 3 heterocycles.